The molecule has 4 rings (SSSR count). The van der Waals surface area contributed by atoms with Gasteiger partial charge in [0, 0.05) is 11.6 Å². The second kappa shape index (κ2) is 9.95. The topological polar surface area (TPSA) is 84.9 Å². The number of para-hydroxylation sites is 1. The molecule has 35 heavy (non-hydrogen) atoms. The molecule has 1 fully saturated rings. The predicted molar refractivity (Wildman–Crippen MR) is 131 cm³/mol. The van der Waals surface area contributed by atoms with Gasteiger partial charge in [-0.05, 0) is 49.7 Å². The van der Waals surface area contributed by atoms with Crippen LogP contribution in [-0.2, 0) is 10.0 Å². The summed E-state index contributed by atoms with van der Waals surface area (Å²) in [6.45, 7) is 3.77. The van der Waals surface area contributed by atoms with Crippen molar-refractivity contribution in [1.82, 2.24) is 4.90 Å². The zero-order chi connectivity index (χ0) is 25.2. The average Bonchev–Trinajstić information content (AvgIpc) is 3.20. The van der Waals surface area contributed by atoms with E-state index >= 15 is 0 Å². The van der Waals surface area contributed by atoms with Crippen molar-refractivity contribution in [3.63, 3.8) is 0 Å². The number of hydrogen-bond donors (Lipinski definition) is 1. The van der Waals surface area contributed by atoms with Crippen LogP contribution >= 0.6 is 0 Å². The molecular weight excluding hydrogens is 471 g/mol. The molecule has 9 heteroatoms. The number of methoxy groups -OCH3 is 1. The summed E-state index contributed by atoms with van der Waals surface area (Å²) in [5.74, 6) is 0.268. The first-order chi connectivity index (χ1) is 16.7. The maximum atomic E-state index is 14.8. The summed E-state index contributed by atoms with van der Waals surface area (Å²) in [5.41, 5.74) is 2.58. The number of nitrogens with zero attached hydrogens (tertiary/aromatic N) is 1. The highest BCUT2D eigenvalue weighted by Gasteiger charge is 2.37. The molecule has 2 unspecified atom stereocenters. The molecule has 1 aliphatic heterocycles. The van der Waals surface area contributed by atoms with Gasteiger partial charge in [-0.2, -0.15) is 0 Å². The third-order valence-electron chi connectivity index (χ3n) is 5.84. The molecule has 0 spiro atoms. The molecule has 7 nitrogen and oxygen atoms in total. The van der Waals surface area contributed by atoms with Crippen LogP contribution < -0.4 is 14.2 Å². The Morgan fingerprint density at radius 2 is 1.80 bits per heavy atom. The number of sulfonamides is 1. The maximum absolute atomic E-state index is 14.8. The van der Waals surface area contributed by atoms with Gasteiger partial charge < -0.3 is 14.4 Å². The Kier molecular flexibility index (Phi) is 6.98. The molecule has 1 heterocycles. The van der Waals surface area contributed by atoms with Crippen molar-refractivity contribution in [2.45, 2.75) is 31.0 Å². The van der Waals surface area contributed by atoms with Crippen molar-refractivity contribution in [3.8, 4) is 11.5 Å². The number of carbonyl (C=O) groups excluding carboxylic acids is 1. The zero-order valence-corrected chi connectivity index (χ0v) is 20.5. The number of benzene rings is 3. The lowest BCUT2D eigenvalue weighted by molar-refractivity contribution is 0.0771. The number of aryl methyl sites for hydroxylation is 2. The van der Waals surface area contributed by atoms with Crippen molar-refractivity contribution < 1.29 is 27.1 Å². The molecule has 184 valence electrons. The van der Waals surface area contributed by atoms with Crippen LogP contribution in [0.2, 0.25) is 0 Å². The van der Waals surface area contributed by atoms with E-state index in [-0.39, 0.29) is 35.3 Å². The van der Waals surface area contributed by atoms with E-state index < -0.39 is 22.3 Å². The van der Waals surface area contributed by atoms with Gasteiger partial charge in [0.1, 0.15) is 22.5 Å². The minimum absolute atomic E-state index is 0.00553. The van der Waals surface area contributed by atoms with Crippen molar-refractivity contribution >= 4 is 21.6 Å². The number of carbonyl (C=O) groups is 1. The van der Waals surface area contributed by atoms with Crippen molar-refractivity contribution in [2.24, 2.45) is 0 Å². The first-order valence-corrected chi connectivity index (χ1v) is 12.6. The Morgan fingerprint density at radius 1 is 1.03 bits per heavy atom. The number of likely N-dealkylation sites (tertiary alicyclic amines) is 1. The van der Waals surface area contributed by atoms with Gasteiger partial charge in [0.05, 0.1) is 25.9 Å². The minimum Gasteiger partial charge on any atom is -0.495 e. The van der Waals surface area contributed by atoms with Gasteiger partial charge in [0.15, 0.2) is 6.17 Å². The number of anilines is 1. The summed E-state index contributed by atoms with van der Waals surface area (Å²) >= 11 is 0. The van der Waals surface area contributed by atoms with E-state index in [4.69, 9.17) is 9.47 Å². The van der Waals surface area contributed by atoms with Crippen LogP contribution in [0.4, 0.5) is 10.1 Å². The van der Waals surface area contributed by atoms with Gasteiger partial charge in [-0.3, -0.25) is 9.52 Å². The smallest absolute Gasteiger partial charge is 0.265 e. The predicted octanol–water partition coefficient (Wildman–Crippen LogP) is 4.35. The van der Waals surface area contributed by atoms with Gasteiger partial charge in [-0.15, -0.1) is 0 Å². The van der Waals surface area contributed by atoms with E-state index in [9.17, 15) is 17.6 Å². The van der Waals surface area contributed by atoms with Gasteiger partial charge in [-0.25, -0.2) is 12.8 Å². The summed E-state index contributed by atoms with van der Waals surface area (Å²) in [5, 5.41) is 0. The number of alkyl halides is 1. The van der Waals surface area contributed by atoms with E-state index in [1.54, 1.807) is 42.5 Å². The van der Waals surface area contributed by atoms with Crippen LogP contribution in [0.1, 0.15) is 21.5 Å². The highest BCUT2D eigenvalue weighted by molar-refractivity contribution is 7.92. The van der Waals surface area contributed by atoms with Gasteiger partial charge in [-0.1, -0.05) is 35.9 Å². The molecular formula is C26H27FN2O5S. The quantitative estimate of drug-likeness (QED) is 0.524. The molecule has 1 amide bonds. The van der Waals surface area contributed by atoms with Gasteiger partial charge in [0.2, 0.25) is 0 Å². The van der Waals surface area contributed by atoms with Crippen LogP contribution in [0.15, 0.2) is 71.6 Å². The van der Waals surface area contributed by atoms with Crippen LogP contribution in [0.3, 0.4) is 0 Å². The molecule has 0 bridgehead atoms. The lowest BCUT2D eigenvalue weighted by atomic mass is 10.0. The van der Waals surface area contributed by atoms with Crippen LogP contribution in [0.25, 0.3) is 0 Å². The molecule has 0 radical (unpaired) electrons. The number of amides is 1. The Bertz CT molecular complexity index is 1350. The van der Waals surface area contributed by atoms with Crippen molar-refractivity contribution in [2.75, 3.05) is 24.9 Å². The molecule has 3 aromatic rings. The maximum Gasteiger partial charge on any atom is 0.265 e. The van der Waals surface area contributed by atoms with E-state index in [1.165, 1.54) is 24.1 Å². The molecule has 2 atom stereocenters. The standard InChI is InChI=1S/C26H27FN2O5S/c1-17-11-12-18(2)21(13-17)26(30)29-15-22(27)24(16-29)34-20-8-6-7-19(14-20)28-35(31,32)25-10-5-4-9-23(25)33-3/h4-14,22,24,28H,15-16H2,1-3H3. The van der Waals surface area contributed by atoms with Gasteiger partial charge in [0.25, 0.3) is 15.9 Å². The molecule has 0 aromatic heterocycles. The summed E-state index contributed by atoms with van der Waals surface area (Å²) < 4.78 is 54.0. The SMILES string of the molecule is COc1ccccc1S(=O)(=O)Nc1cccc(OC2CN(C(=O)c3cc(C)ccc3C)CC2F)c1. The normalized spacial score (nSPS) is 17.8. The molecule has 0 saturated carbocycles. The summed E-state index contributed by atoms with van der Waals surface area (Å²) in [6.07, 6.45) is -2.25. The lowest BCUT2D eigenvalue weighted by Gasteiger charge is -2.18. The molecule has 0 aliphatic carbocycles. The first kappa shape index (κ1) is 24.5. The molecule has 1 saturated heterocycles. The largest absolute Gasteiger partial charge is 0.495 e. The van der Waals surface area contributed by atoms with E-state index in [0.717, 1.165) is 11.1 Å². The van der Waals surface area contributed by atoms with Crippen LogP contribution in [-0.4, -0.2) is 51.7 Å². The monoisotopic (exact) mass is 498 g/mol. The number of rotatable bonds is 7. The lowest BCUT2D eigenvalue weighted by Crippen LogP contribution is -2.31. The number of hydrogen-bond acceptors (Lipinski definition) is 5. The number of nitrogens with one attached hydrogen (secondary N) is 1. The summed E-state index contributed by atoms with van der Waals surface area (Å²) in [7, 11) is -2.53. The highest BCUT2D eigenvalue weighted by Crippen LogP contribution is 2.28. The van der Waals surface area contributed by atoms with E-state index in [0.29, 0.717) is 11.3 Å². The number of halogens is 1. The Hall–Kier alpha value is -3.59. The third kappa shape index (κ3) is 5.40. The van der Waals surface area contributed by atoms with Crippen LogP contribution in [0, 0.1) is 13.8 Å². The fraction of sp³-hybridized carbons (Fsp3) is 0.269. The zero-order valence-electron chi connectivity index (χ0n) is 19.7. The van der Waals surface area contributed by atoms with Crippen molar-refractivity contribution in [1.29, 1.82) is 0 Å². The van der Waals surface area contributed by atoms with Gasteiger partial charge >= 0.3 is 0 Å². The second-order valence-corrected chi connectivity index (χ2v) is 10.1. The van der Waals surface area contributed by atoms with Crippen molar-refractivity contribution in [3.05, 3.63) is 83.4 Å². The fourth-order valence-corrected chi connectivity index (χ4v) is 5.23. The summed E-state index contributed by atoms with van der Waals surface area (Å²) in [6, 6.07) is 18.1. The van der Waals surface area contributed by atoms with E-state index in [2.05, 4.69) is 4.72 Å². The summed E-state index contributed by atoms with van der Waals surface area (Å²) in [4.78, 5) is 14.4. The Labute approximate surface area is 204 Å². The molecule has 1 N–H and O–H groups in total. The first-order valence-electron chi connectivity index (χ1n) is 11.1. The third-order valence-corrected chi connectivity index (χ3v) is 7.26. The Balaban J connectivity index is 1.47. The molecule has 3 aromatic carbocycles. The second-order valence-electron chi connectivity index (χ2n) is 8.48. The average molecular weight is 499 g/mol. The van der Waals surface area contributed by atoms with Crippen LogP contribution in [0.5, 0.6) is 11.5 Å². The fourth-order valence-electron chi connectivity index (χ4n) is 4.01. The number of ether oxygens (including phenoxy) is 2. The molecule has 1 aliphatic rings. The Morgan fingerprint density at radius 3 is 2.57 bits per heavy atom. The highest BCUT2D eigenvalue weighted by atomic mass is 32.2. The minimum atomic E-state index is -3.93. The van der Waals surface area contributed by atoms with E-state index in [1.807, 2.05) is 26.0 Å².